The number of benzene rings is 3. The van der Waals surface area contributed by atoms with E-state index in [-0.39, 0.29) is 5.91 Å². The molecule has 234 valence electrons. The smallest absolute Gasteiger partial charge is 0.247 e. The fraction of sp³-hybridized carbons (Fsp3) is 0.242. The van der Waals surface area contributed by atoms with Gasteiger partial charge in [-0.3, -0.25) is 9.69 Å². The Hall–Kier alpha value is -4.84. The molecule has 1 aliphatic rings. The number of nitrogens with one attached hydrogen (secondary N) is 3. The Balaban J connectivity index is 1.27. The van der Waals surface area contributed by atoms with E-state index in [0.717, 1.165) is 30.9 Å². The molecule has 0 spiro atoms. The average Bonchev–Trinajstić information content (AvgIpc) is 3.06. The molecule has 3 aromatic carbocycles. The molecule has 0 atom stereocenters. The third-order valence-corrected chi connectivity index (χ3v) is 7.15. The van der Waals surface area contributed by atoms with Crippen LogP contribution in [-0.2, 0) is 16.1 Å². The number of hydrogen-bond acceptors (Lipinski definition) is 10. The summed E-state index contributed by atoms with van der Waals surface area (Å²) >= 11 is 6.50. The molecule has 0 unspecified atom stereocenters. The molecule has 4 aromatic rings. The number of methoxy groups -OCH3 is 1. The summed E-state index contributed by atoms with van der Waals surface area (Å²) in [6, 6.07) is 20.5. The molecule has 3 N–H and O–H groups in total. The molecule has 1 saturated heterocycles. The predicted molar refractivity (Wildman–Crippen MR) is 175 cm³/mol. The van der Waals surface area contributed by atoms with Crippen molar-refractivity contribution in [3.05, 3.63) is 96.2 Å². The molecular weight excluding hydrogens is 596 g/mol. The van der Waals surface area contributed by atoms with Crippen LogP contribution >= 0.6 is 11.6 Å². The maximum absolute atomic E-state index is 12.2. The van der Waals surface area contributed by atoms with Gasteiger partial charge in [0.15, 0.2) is 0 Å². The van der Waals surface area contributed by atoms with Crippen molar-refractivity contribution in [3.8, 4) is 17.2 Å². The van der Waals surface area contributed by atoms with Gasteiger partial charge in [0, 0.05) is 37.6 Å². The molecule has 1 fully saturated rings. The van der Waals surface area contributed by atoms with E-state index in [0.29, 0.717) is 71.8 Å². The lowest BCUT2D eigenvalue weighted by molar-refractivity contribution is -0.111. The third kappa shape index (κ3) is 9.08. The molecule has 12 heteroatoms. The minimum Gasteiger partial charge on any atom is -0.494 e. The normalized spacial score (nSPS) is 13.0. The number of ether oxygens (including phenoxy) is 4. The Morgan fingerprint density at radius 1 is 1.00 bits per heavy atom. The lowest BCUT2D eigenvalue weighted by Crippen LogP contribution is -2.38. The number of nitrogens with zero attached hydrogens (tertiary/aromatic N) is 3. The summed E-state index contributed by atoms with van der Waals surface area (Å²) in [6.45, 7) is 8.24. The third-order valence-electron chi connectivity index (χ3n) is 6.86. The van der Waals surface area contributed by atoms with Gasteiger partial charge in [0.25, 0.3) is 0 Å². The number of rotatable bonds is 14. The van der Waals surface area contributed by atoms with Crippen molar-refractivity contribution in [2.45, 2.75) is 6.61 Å². The maximum Gasteiger partial charge on any atom is 0.247 e. The monoisotopic (exact) mass is 630 g/mol. The Morgan fingerprint density at radius 2 is 1.82 bits per heavy atom. The van der Waals surface area contributed by atoms with E-state index in [4.69, 9.17) is 30.5 Å². The van der Waals surface area contributed by atoms with Gasteiger partial charge in [-0.1, -0.05) is 48.5 Å². The second-order valence-corrected chi connectivity index (χ2v) is 10.4. The van der Waals surface area contributed by atoms with E-state index in [2.05, 4.69) is 37.4 Å². The van der Waals surface area contributed by atoms with E-state index in [9.17, 15) is 4.79 Å². The number of carbonyl (C=O) groups excluding carboxylic acids is 1. The topological polar surface area (TPSA) is 119 Å². The lowest BCUT2D eigenvalue weighted by Gasteiger charge is -2.26. The molecule has 0 radical (unpaired) electrons. The minimum atomic E-state index is -0.373. The zero-order valence-corrected chi connectivity index (χ0v) is 25.7. The SMILES string of the molecule is C=CC(=O)Nc1cc(Nc2nccc(Nc3ccc(OCc4ccccc4)c(Cl)c3)n2)c(OC)cc1OCCN1CCOCC1. The van der Waals surface area contributed by atoms with Crippen LogP contribution in [0.2, 0.25) is 5.02 Å². The fourth-order valence-corrected chi connectivity index (χ4v) is 4.76. The van der Waals surface area contributed by atoms with Crippen molar-refractivity contribution in [1.82, 2.24) is 14.9 Å². The van der Waals surface area contributed by atoms with Crippen molar-refractivity contribution in [2.24, 2.45) is 0 Å². The second-order valence-electron chi connectivity index (χ2n) is 9.98. The van der Waals surface area contributed by atoms with E-state index in [1.807, 2.05) is 42.5 Å². The maximum atomic E-state index is 12.2. The first-order valence-corrected chi connectivity index (χ1v) is 14.8. The second kappa shape index (κ2) is 15.8. The minimum absolute atomic E-state index is 0.300. The molecule has 45 heavy (non-hydrogen) atoms. The first kappa shape index (κ1) is 31.6. The Labute approximate surface area is 267 Å². The Kier molecular flexibility index (Phi) is 11.1. The molecule has 0 bridgehead atoms. The number of aromatic nitrogens is 2. The number of anilines is 5. The van der Waals surface area contributed by atoms with Crippen LogP contribution in [0.5, 0.6) is 17.2 Å². The lowest BCUT2D eigenvalue weighted by atomic mass is 10.2. The van der Waals surface area contributed by atoms with E-state index in [1.165, 1.54) is 6.08 Å². The standard InChI is InChI=1S/C33H35ClN6O5/c1-3-32(41)37-27-20-26(29(42-2)21-30(27)44-18-15-40-13-16-43-17-14-40)38-33-35-12-11-31(39-33)36-24-9-10-28(25(34)19-24)45-22-23-7-5-4-6-8-23/h3-12,19-21H,1,13-18,22H2,2H3,(H,37,41)(H2,35,36,38,39). The van der Waals surface area contributed by atoms with Gasteiger partial charge in [-0.25, -0.2) is 4.98 Å². The Morgan fingerprint density at radius 3 is 2.58 bits per heavy atom. The summed E-state index contributed by atoms with van der Waals surface area (Å²) < 4.78 is 23.0. The zero-order chi connectivity index (χ0) is 31.4. The van der Waals surface area contributed by atoms with Crippen LogP contribution in [0, 0.1) is 0 Å². The number of halogens is 1. The molecule has 1 amide bonds. The molecule has 2 heterocycles. The number of amides is 1. The van der Waals surface area contributed by atoms with E-state index in [1.54, 1.807) is 37.6 Å². The predicted octanol–water partition coefficient (Wildman–Crippen LogP) is 6.04. The van der Waals surface area contributed by atoms with Gasteiger partial charge in [0.05, 0.1) is 36.7 Å². The van der Waals surface area contributed by atoms with Crippen LogP contribution in [0.1, 0.15) is 5.56 Å². The molecule has 5 rings (SSSR count). The number of carbonyl (C=O) groups is 1. The summed E-state index contributed by atoms with van der Waals surface area (Å²) in [5, 5.41) is 9.70. The summed E-state index contributed by atoms with van der Waals surface area (Å²) in [7, 11) is 1.55. The highest BCUT2D eigenvalue weighted by molar-refractivity contribution is 6.32. The van der Waals surface area contributed by atoms with Crippen molar-refractivity contribution < 1.29 is 23.7 Å². The highest BCUT2D eigenvalue weighted by Gasteiger charge is 2.16. The first-order chi connectivity index (χ1) is 22.0. The average molecular weight is 631 g/mol. The molecule has 11 nitrogen and oxygen atoms in total. The molecule has 1 aromatic heterocycles. The van der Waals surface area contributed by atoms with Crippen LogP contribution < -0.4 is 30.2 Å². The van der Waals surface area contributed by atoms with E-state index >= 15 is 0 Å². The van der Waals surface area contributed by atoms with Crippen molar-refractivity contribution in [2.75, 3.05) is 62.5 Å². The number of hydrogen-bond donors (Lipinski definition) is 3. The molecule has 0 aliphatic carbocycles. The van der Waals surface area contributed by atoms with Crippen LogP contribution in [0.3, 0.4) is 0 Å². The highest BCUT2D eigenvalue weighted by atomic mass is 35.5. The summed E-state index contributed by atoms with van der Waals surface area (Å²) in [4.78, 5) is 23.4. The van der Waals surface area contributed by atoms with Crippen LogP contribution in [0.25, 0.3) is 0 Å². The summed E-state index contributed by atoms with van der Waals surface area (Å²) in [5.41, 5.74) is 2.75. The van der Waals surface area contributed by atoms with Crippen LogP contribution in [0.4, 0.5) is 28.8 Å². The van der Waals surface area contributed by atoms with Crippen molar-refractivity contribution >= 4 is 46.3 Å². The number of morpholine rings is 1. The van der Waals surface area contributed by atoms with Crippen LogP contribution in [0.15, 0.2) is 85.6 Å². The van der Waals surface area contributed by atoms with Gasteiger partial charge in [-0.05, 0) is 42.0 Å². The Bertz CT molecular complexity index is 1600. The van der Waals surface area contributed by atoms with Gasteiger partial charge in [-0.15, -0.1) is 0 Å². The highest BCUT2D eigenvalue weighted by Crippen LogP contribution is 2.38. The quantitative estimate of drug-likeness (QED) is 0.142. The van der Waals surface area contributed by atoms with Gasteiger partial charge in [0.1, 0.15) is 36.3 Å². The fourth-order valence-electron chi connectivity index (χ4n) is 4.53. The molecule has 0 saturated carbocycles. The summed E-state index contributed by atoms with van der Waals surface area (Å²) in [5.74, 6) is 1.98. The largest absolute Gasteiger partial charge is 0.494 e. The first-order valence-electron chi connectivity index (χ1n) is 14.4. The molecular formula is C33H35ClN6O5. The van der Waals surface area contributed by atoms with Gasteiger partial charge in [0.2, 0.25) is 11.9 Å². The van der Waals surface area contributed by atoms with Gasteiger partial charge < -0.3 is 34.9 Å². The van der Waals surface area contributed by atoms with Crippen molar-refractivity contribution in [3.63, 3.8) is 0 Å². The van der Waals surface area contributed by atoms with Gasteiger partial charge in [-0.2, -0.15) is 4.98 Å². The zero-order valence-electron chi connectivity index (χ0n) is 24.9. The van der Waals surface area contributed by atoms with Gasteiger partial charge >= 0.3 is 0 Å². The molecule has 1 aliphatic heterocycles. The summed E-state index contributed by atoms with van der Waals surface area (Å²) in [6.07, 6.45) is 2.81. The van der Waals surface area contributed by atoms with Crippen LogP contribution in [-0.4, -0.2) is 67.3 Å². The van der Waals surface area contributed by atoms with E-state index < -0.39 is 0 Å². The van der Waals surface area contributed by atoms with Crippen molar-refractivity contribution in [1.29, 1.82) is 0 Å².